The molecule has 1 aromatic carbocycles. The second-order valence-corrected chi connectivity index (χ2v) is 6.20. The van der Waals surface area contributed by atoms with Crippen LogP contribution in [-0.2, 0) is 11.2 Å². The Bertz CT molecular complexity index is 470. The monoisotopic (exact) mass is 274 g/mol. The number of hydrogen-bond donors (Lipinski definition) is 2. The van der Waals surface area contributed by atoms with Gasteiger partial charge in [0.2, 0.25) is 5.91 Å². The molecule has 0 aromatic heterocycles. The van der Waals surface area contributed by atoms with Crippen LogP contribution in [0.15, 0.2) is 18.2 Å². The fraction of sp³-hybridized carbons (Fsp3) is 0.588. The van der Waals surface area contributed by atoms with Crippen molar-refractivity contribution in [3.8, 4) is 0 Å². The first-order chi connectivity index (χ1) is 9.54. The van der Waals surface area contributed by atoms with Gasteiger partial charge in [-0.15, -0.1) is 0 Å². The molecule has 0 saturated heterocycles. The molecule has 3 nitrogen and oxygen atoms in total. The van der Waals surface area contributed by atoms with Crippen LogP contribution in [0, 0.1) is 19.8 Å². The molecule has 3 heteroatoms. The Balaban J connectivity index is 1.82. The Morgan fingerprint density at radius 3 is 2.90 bits per heavy atom. The van der Waals surface area contributed by atoms with E-state index in [9.17, 15) is 4.79 Å². The summed E-state index contributed by atoms with van der Waals surface area (Å²) in [7, 11) is 0. The summed E-state index contributed by atoms with van der Waals surface area (Å²) in [6, 6.07) is 6.59. The van der Waals surface area contributed by atoms with Gasteiger partial charge in [0.15, 0.2) is 0 Å². The van der Waals surface area contributed by atoms with Crippen molar-refractivity contribution in [2.24, 2.45) is 11.7 Å². The number of carbonyl (C=O) groups excluding carboxylic acids is 1. The van der Waals surface area contributed by atoms with Crippen molar-refractivity contribution in [2.45, 2.75) is 52.0 Å². The van der Waals surface area contributed by atoms with Crippen LogP contribution in [0.4, 0.5) is 0 Å². The van der Waals surface area contributed by atoms with Crippen LogP contribution < -0.4 is 11.1 Å². The molecule has 3 N–H and O–H groups in total. The number of rotatable bonds is 4. The lowest BCUT2D eigenvalue weighted by Crippen LogP contribution is -2.36. The molecule has 1 aliphatic carbocycles. The van der Waals surface area contributed by atoms with Crippen molar-refractivity contribution < 1.29 is 4.79 Å². The maximum Gasteiger partial charge on any atom is 0.224 e. The summed E-state index contributed by atoms with van der Waals surface area (Å²) in [6.45, 7) is 4.89. The Hall–Kier alpha value is -1.35. The van der Waals surface area contributed by atoms with Gasteiger partial charge in [-0.1, -0.05) is 30.2 Å². The van der Waals surface area contributed by atoms with E-state index in [1.807, 2.05) is 0 Å². The van der Waals surface area contributed by atoms with Gasteiger partial charge >= 0.3 is 0 Å². The summed E-state index contributed by atoms with van der Waals surface area (Å²) in [5.74, 6) is 0.680. The van der Waals surface area contributed by atoms with Crippen LogP contribution >= 0.6 is 0 Å². The van der Waals surface area contributed by atoms with E-state index in [4.69, 9.17) is 5.73 Å². The van der Waals surface area contributed by atoms with Crippen molar-refractivity contribution in [2.75, 3.05) is 6.54 Å². The third-order valence-electron chi connectivity index (χ3n) is 4.27. The highest BCUT2D eigenvalue weighted by Crippen LogP contribution is 2.22. The predicted octanol–water partition coefficient (Wildman–Crippen LogP) is 2.48. The number of carbonyl (C=O) groups is 1. The standard InChI is InChI=1S/C17H26N2O/c1-12-6-7-13(2)15(8-12)10-17(20)19-11-14-4-3-5-16(18)9-14/h6-8,14,16H,3-5,9-11,18H2,1-2H3,(H,19,20). The number of hydrogen-bond acceptors (Lipinski definition) is 2. The molecule has 1 aliphatic rings. The zero-order chi connectivity index (χ0) is 14.5. The van der Waals surface area contributed by atoms with E-state index < -0.39 is 0 Å². The number of amides is 1. The Morgan fingerprint density at radius 2 is 2.15 bits per heavy atom. The Morgan fingerprint density at radius 1 is 1.35 bits per heavy atom. The molecule has 0 bridgehead atoms. The molecular weight excluding hydrogens is 248 g/mol. The Kier molecular flexibility index (Phi) is 5.18. The predicted molar refractivity (Wildman–Crippen MR) is 82.6 cm³/mol. The zero-order valence-corrected chi connectivity index (χ0v) is 12.6. The van der Waals surface area contributed by atoms with Gasteiger partial charge in [0.1, 0.15) is 0 Å². The number of nitrogens with one attached hydrogen (secondary N) is 1. The van der Waals surface area contributed by atoms with Gasteiger partial charge < -0.3 is 11.1 Å². The van der Waals surface area contributed by atoms with Crippen molar-refractivity contribution in [3.63, 3.8) is 0 Å². The minimum absolute atomic E-state index is 0.123. The molecule has 0 aliphatic heterocycles. The minimum atomic E-state index is 0.123. The molecule has 0 radical (unpaired) electrons. The summed E-state index contributed by atoms with van der Waals surface area (Å²) in [4.78, 5) is 12.1. The molecule has 1 amide bonds. The minimum Gasteiger partial charge on any atom is -0.356 e. The lowest BCUT2D eigenvalue weighted by atomic mass is 9.86. The van der Waals surface area contributed by atoms with E-state index >= 15 is 0 Å². The van der Waals surface area contributed by atoms with Crippen molar-refractivity contribution >= 4 is 5.91 Å². The first kappa shape index (κ1) is 15.0. The lowest BCUT2D eigenvalue weighted by molar-refractivity contribution is -0.120. The van der Waals surface area contributed by atoms with Gasteiger partial charge in [-0.2, -0.15) is 0 Å². The van der Waals surface area contributed by atoms with Crippen LogP contribution in [-0.4, -0.2) is 18.5 Å². The average Bonchev–Trinajstić information content (AvgIpc) is 2.41. The molecule has 2 atom stereocenters. The molecule has 1 fully saturated rings. The molecule has 20 heavy (non-hydrogen) atoms. The van der Waals surface area contributed by atoms with Gasteiger partial charge in [0.05, 0.1) is 6.42 Å². The van der Waals surface area contributed by atoms with Crippen molar-refractivity contribution in [3.05, 3.63) is 34.9 Å². The maximum absolute atomic E-state index is 12.1. The summed E-state index contributed by atoms with van der Waals surface area (Å²) >= 11 is 0. The van der Waals surface area contributed by atoms with Crippen molar-refractivity contribution in [1.82, 2.24) is 5.32 Å². The molecule has 110 valence electrons. The second-order valence-electron chi connectivity index (χ2n) is 6.20. The third kappa shape index (κ3) is 4.34. The van der Waals surface area contributed by atoms with Crippen molar-refractivity contribution in [1.29, 1.82) is 0 Å². The molecular formula is C17H26N2O. The fourth-order valence-corrected chi connectivity index (χ4v) is 3.00. The molecule has 0 spiro atoms. The van der Waals surface area contributed by atoms with Crippen LogP contribution in [0.5, 0.6) is 0 Å². The SMILES string of the molecule is Cc1ccc(C)c(CC(=O)NCC2CCCC(N)C2)c1. The molecule has 1 aromatic rings. The van der Waals surface area contributed by atoms with E-state index in [1.54, 1.807) is 0 Å². The van der Waals surface area contributed by atoms with E-state index in [0.29, 0.717) is 18.4 Å². The van der Waals surface area contributed by atoms with E-state index in [1.165, 1.54) is 24.0 Å². The smallest absolute Gasteiger partial charge is 0.224 e. The molecule has 2 unspecified atom stereocenters. The van der Waals surface area contributed by atoms with Gasteiger partial charge in [0, 0.05) is 12.6 Å². The molecule has 2 rings (SSSR count). The number of benzene rings is 1. The summed E-state index contributed by atoms with van der Waals surface area (Å²) in [5, 5.41) is 3.07. The third-order valence-corrected chi connectivity index (χ3v) is 4.27. The lowest BCUT2D eigenvalue weighted by Gasteiger charge is -2.26. The van der Waals surface area contributed by atoms with Gasteiger partial charge in [-0.3, -0.25) is 4.79 Å². The normalized spacial score (nSPS) is 22.6. The summed E-state index contributed by atoms with van der Waals surface area (Å²) in [6.07, 6.45) is 5.04. The highest BCUT2D eigenvalue weighted by Gasteiger charge is 2.19. The topological polar surface area (TPSA) is 55.1 Å². The van der Waals surface area contributed by atoms with Gasteiger partial charge in [-0.25, -0.2) is 0 Å². The summed E-state index contributed by atoms with van der Waals surface area (Å²) < 4.78 is 0. The zero-order valence-electron chi connectivity index (χ0n) is 12.6. The van der Waals surface area contributed by atoms with Crippen LogP contribution in [0.2, 0.25) is 0 Å². The Labute approximate surface area is 121 Å². The van der Waals surface area contributed by atoms with Gasteiger partial charge in [0.25, 0.3) is 0 Å². The highest BCUT2D eigenvalue weighted by atomic mass is 16.1. The van der Waals surface area contributed by atoms with Crippen LogP contribution in [0.25, 0.3) is 0 Å². The number of nitrogens with two attached hydrogens (primary N) is 1. The van der Waals surface area contributed by atoms with E-state index in [2.05, 4.69) is 37.4 Å². The largest absolute Gasteiger partial charge is 0.356 e. The van der Waals surface area contributed by atoms with Crippen LogP contribution in [0.1, 0.15) is 42.4 Å². The average molecular weight is 274 g/mol. The quantitative estimate of drug-likeness (QED) is 0.886. The highest BCUT2D eigenvalue weighted by molar-refractivity contribution is 5.79. The second kappa shape index (κ2) is 6.89. The van der Waals surface area contributed by atoms with Crippen LogP contribution in [0.3, 0.4) is 0 Å². The van der Waals surface area contributed by atoms with E-state index in [-0.39, 0.29) is 5.91 Å². The fourth-order valence-electron chi connectivity index (χ4n) is 3.00. The van der Waals surface area contributed by atoms with Gasteiger partial charge in [-0.05, 0) is 50.2 Å². The first-order valence-electron chi connectivity index (χ1n) is 7.63. The molecule has 0 heterocycles. The van der Waals surface area contributed by atoms with E-state index in [0.717, 1.165) is 24.9 Å². The maximum atomic E-state index is 12.1. The summed E-state index contributed by atoms with van der Waals surface area (Å²) in [5.41, 5.74) is 9.50. The number of aryl methyl sites for hydroxylation is 2. The first-order valence-corrected chi connectivity index (χ1v) is 7.63. The molecule has 1 saturated carbocycles.